The molecule has 0 rings (SSSR count). The first-order chi connectivity index (χ1) is 13.6. The van der Waals surface area contributed by atoms with Gasteiger partial charge >= 0.3 is 0 Å². The van der Waals surface area contributed by atoms with Crippen molar-refractivity contribution < 1.29 is 18.7 Å². The van der Waals surface area contributed by atoms with Gasteiger partial charge in [-0.1, -0.05) is 27.2 Å². The highest BCUT2D eigenvalue weighted by Gasteiger charge is 2.31. The minimum absolute atomic E-state index is 0.0272. The van der Waals surface area contributed by atoms with E-state index in [-0.39, 0.29) is 23.9 Å². The fourth-order valence-corrected chi connectivity index (χ4v) is 2.82. The van der Waals surface area contributed by atoms with Crippen molar-refractivity contribution in [3.8, 4) is 0 Å². The Balaban J connectivity index is 3.74. The maximum Gasteiger partial charge on any atom is 0.222 e. The second kappa shape index (κ2) is 15.1. The molecule has 0 saturated heterocycles. The zero-order chi connectivity index (χ0) is 22.3. The molecule has 0 aromatic heterocycles. The van der Waals surface area contributed by atoms with Crippen LogP contribution in [0.4, 0.5) is 4.39 Å². The van der Waals surface area contributed by atoms with Crippen molar-refractivity contribution in [3.63, 3.8) is 0 Å². The summed E-state index contributed by atoms with van der Waals surface area (Å²) in [6, 6.07) is 0. The first-order valence-corrected chi connectivity index (χ1v) is 11.1. The molecule has 0 aliphatic heterocycles. The lowest BCUT2D eigenvalue weighted by Gasteiger charge is -2.29. The van der Waals surface area contributed by atoms with Gasteiger partial charge in [0.05, 0.1) is 32.0 Å². The molecule has 3 N–H and O–H groups in total. The molecule has 0 aromatic rings. The molecular weight excluding hydrogens is 373 g/mol. The van der Waals surface area contributed by atoms with Crippen molar-refractivity contribution in [1.29, 1.82) is 0 Å². The summed E-state index contributed by atoms with van der Waals surface area (Å²) in [5.74, 6) is -0.215. The second-order valence-electron chi connectivity index (χ2n) is 8.90. The Kier molecular flexibility index (Phi) is 14.7. The number of hydrogen-bond donors (Lipinski definition) is 3. The second-order valence-corrected chi connectivity index (χ2v) is 8.90. The molecule has 29 heavy (non-hydrogen) atoms. The minimum Gasteiger partial charge on any atom is -0.379 e. The van der Waals surface area contributed by atoms with Crippen molar-refractivity contribution in [2.24, 2.45) is 5.92 Å². The van der Waals surface area contributed by atoms with E-state index in [1.54, 1.807) is 13.8 Å². The Bertz CT molecular complexity index is 434. The Hall–Kier alpha value is -0.760. The first-order valence-electron chi connectivity index (χ1n) is 11.1. The number of nitrogens with one attached hydrogen (secondary N) is 3. The fraction of sp³-hybridized carbons (Fsp3) is 0.955. The van der Waals surface area contributed by atoms with E-state index in [0.29, 0.717) is 26.4 Å². The van der Waals surface area contributed by atoms with Crippen LogP contribution in [-0.2, 0) is 14.3 Å². The average molecular weight is 420 g/mol. The van der Waals surface area contributed by atoms with Gasteiger partial charge in [-0.15, -0.1) is 0 Å². The normalized spacial score (nSPS) is 14.6. The molecule has 0 aliphatic rings. The molecule has 2 atom stereocenters. The Labute approximate surface area is 178 Å². The lowest BCUT2D eigenvalue weighted by molar-refractivity contribution is -0.125. The molecule has 0 heterocycles. The van der Waals surface area contributed by atoms with Gasteiger partial charge in [-0.05, 0) is 40.5 Å². The summed E-state index contributed by atoms with van der Waals surface area (Å²) in [4.78, 5) is 11.8. The zero-order valence-electron chi connectivity index (χ0n) is 19.8. The van der Waals surface area contributed by atoms with Crippen molar-refractivity contribution in [2.75, 3.05) is 46.0 Å². The highest BCUT2D eigenvalue weighted by molar-refractivity contribution is 5.78. The Morgan fingerprint density at radius 2 is 1.66 bits per heavy atom. The van der Waals surface area contributed by atoms with E-state index >= 15 is 0 Å². The van der Waals surface area contributed by atoms with Crippen LogP contribution >= 0.6 is 0 Å². The highest BCUT2D eigenvalue weighted by Crippen LogP contribution is 2.17. The standard InChI is InChI=1S/C22H46FN3O3/c1-8-10-21(4,5)26-13-15-28-14-11-24-12-16-29-22(6,7)19(23)17-25-20(27)18(3)9-2/h18-19,24,26H,8-17H2,1-7H3,(H,25,27). The zero-order valence-corrected chi connectivity index (χ0v) is 19.8. The third kappa shape index (κ3) is 14.0. The van der Waals surface area contributed by atoms with Gasteiger partial charge in [0.1, 0.15) is 6.17 Å². The molecule has 0 fully saturated rings. The maximum atomic E-state index is 14.4. The smallest absolute Gasteiger partial charge is 0.222 e. The van der Waals surface area contributed by atoms with E-state index < -0.39 is 11.8 Å². The van der Waals surface area contributed by atoms with Gasteiger partial charge in [0.25, 0.3) is 0 Å². The summed E-state index contributed by atoms with van der Waals surface area (Å²) < 4.78 is 25.7. The predicted molar refractivity (Wildman–Crippen MR) is 118 cm³/mol. The highest BCUT2D eigenvalue weighted by atomic mass is 19.1. The van der Waals surface area contributed by atoms with Gasteiger partial charge in [0, 0.05) is 31.1 Å². The SMILES string of the molecule is CCCC(C)(C)NCCOCCNCCOC(C)(C)C(F)CNC(=O)C(C)CC. The summed E-state index contributed by atoms with van der Waals surface area (Å²) in [6.45, 7) is 17.7. The van der Waals surface area contributed by atoms with E-state index in [0.717, 1.165) is 25.9 Å². The molecule has 1 amide bonds. The number of amides is 1. The van der Waals surface area contributed by atoms with Gasteiger partial charge in [0.2, 0.25) is 5.91 Å². The van der Waals surface area contributed by atoms with Gasteiger partial charge in [0.15, 0.2) is 0 Å². The molecule has 0 spiro atoms. The van der Waals surface area contributed by atoms with Crippen LogP contribution < -0.4 is 16.0 Å². The van der Waals surface area contributed by atoms with E-state index in [4.69, 9.17) is 9.47 Å². The minimum atomic E-state index is -1.26. The van der Waals surface area contributed by atoms with Gasteiger partial charge in [-0.3, -0.25) is 4.79 Å². The lowest BCUT2D eigenvalue weighted by atomic mass is 9.99. The summed E-state index contributed by atoms with van der Waals surface area (Å²) in [5, 5.41) is 9.39. The molecule has 0 aliphatic carbocycles. The van der Waals surface area contributed by atoms with E-state index in [1.165, 1.54) is 6.42 Å². The molecule has 174 valence electrons. The van der Waals surface area contributed by atoms with E-state index in [1.807, 2.05) is 13.8 Å². The Morgan fingerprint density at radius 1 is 1.03 bits per heavy atom. The number of alkyl halides is 1. The maximum absolute atomic E-state index is 14.4. The molecule has 2 unspecified atom stereocenters. The van der Waals surface area contributed by atoms with Crippen molar-refractivity contribution >= 4 is 5.91 Å². The molecule has 0 radical (unpaired) electrons. The number of carbonyl (C=O) groups excluding carboxylic acids is 1. The van der Waals surface area contributed by atoms with Crippen molar-refractivity contribution in [1.82, 2.24) is 16.0 Å². The molecular formula is C22H46FN3O3. The van der Waals surface area contributed by atoms with Crippen LogP contribution in [0.3, 0.4) is 0 Å². The van der Waals surface area contributed by atoms with Crippen LogP contribution in [0.5, 0.6) is 0 Å². The number of carbonyl (C=O) groups is 1. The lowest BCUT2D eigenvalue weighted by Crippen LogP contribution is -2.45. The third-order valence-electron chi connectivity index (χ3n) is 5.17. The fourth-order valence-electron chi connectivity index (χ4n) is 2.82. The average Bonchev–Trinajstić information content (AvgIpc) is 2.66. The molecule has 0 bridgehead atoms. The van der Waals surface area contributed by atoms with Crippen molar-refractivity contribution in [3.05, 3.63) is 0 Å². The van der Waals surface area contributed by atoms with Crippen LogP contribution in [0.1, 0.15) is 67.7 Å². The Morgan fingerprint density at radius 3 is 2.28 bits per heavy atom. The van der Waals surface area contributed by atoms with E-state index in [2.05, 4.69) is 36.7 Å². The van der Waals surface area contributed by atoms with Gasteiger partial charge in [-0.2, -0.15) is 0 Å². The number of halogens is 1. The van der Waals surface area contributed by atoms with Crippen LogP contribution in [-0.4, -0.2) is 69.2 Å². The largest absolute Gasteiger partial charge is 0.379 e. The van der Waals surface area contributed by atoms with Crippen LogP contribution in [0.25, 0.3) is 0 Å². The van der Waals surface area contributed by atoms with E-state index in [9.17, 15) is 9.18 Å². The molecule has 0 aromatic carbocycles. The number of rotatable bonds is 18. The first kappa shape index (κ1) is 28.2. The van der Waals surface area contributed by atoms with Gasteiger partial charge < -0.3 is 25.4 Å². The van der Waals surface area contributed by atoms with Crippen LogP contribution in [0, 0.1) is 5.92 Å². The van der Waals surface area contributed by atoms with Crippen LogP contribution in [0.15, 0.2) is 0 Å². The monoisotopic (exact) mass is 419 g/mol. The molecule has 6 nitrogen and oxygen atoms in total. The summed E-state index contributed by atoms with van der Waals surface area (Å²) in [5.41, 5.74) is -0.788. The summed E-state index contributed by atoms with van der Waals surface area (Å²) in [7, 11) is 0. The molecule has 7 heteroatoms. The summed E-state index contributed by atoms with van der Waals surface area (Å²) in [6.07, 6.45) is 1.79. The summed E-state index contributed by atoms with van der Waals surface area (Å²) >= 11 is 0. The quantitative estimate of drug-likeness (QED) is 0.298. The third-order valence-corrected chi connectivity index (χ3v) is 5.17. The topological polar surface area (TPSA) is 71.6 Å². The number of ether oxygens (including phenoxy) is 2. The predicted octanol–water partition coefficient (Wildman–Crippen LogP) is 3.06. The van der Waals surface area contributed by atoms with Gasteiger partial charge in [-0.25, -0.2) is 4.39 Å². The van der Waals surface area contributed by atoms with Crippen LogP contribution in [0.2, 0.25) is 0 Å². The molecule has 0 saturated carbocycles. The van der Waals surface area contributed by atoms with Crippen molar-refractivity contribution in [2.45, 2.75) is 85.0 Å². The number of hydrogen-bond acceptors (Lipinski definition) is 5.